The number of anilines is 1. The molecule has 1 amide bonds. The van der Waals surface area contributed by atoms with Gasteiger partial charge >= 0.3 is 0 Å². The zero-order chi connectivity index (χ0) is 15.8. The number of hydrogen-bond acceptors (Lipinski definition) is 6. The molecule has 0 bridgehead atoms. The van der Waals surface area contributed by atoms with Crippen molar-refractivity contribution in [1.82, 2.24) is 10.2 Å². The molecular weight excluding hydrogens is 302 g/mol. The quantitative estimate of drug-likeness (QED) is 0.757. The second-order valence-corrected chi connectivity index (χ2v) is 5.41. The number of carbonyl (C=O) groups is 1. The number of carbonyl (C=O) groups excluding carboxylic acids is 1. The van der Waals surface area contributed by atoms with Gasteiger partial charge in [-0.2, -0.15) is 0 Å². The van der Waals surface area contributed by atoms with Crippen LogP contribution in [0.4, 0.5) is 5.13 Å². The van der Waals surface area contributed by atoms with Crippen molar-refractivity contribution in [2.45, 2.75) is 20.3 Å². The van der Waals surface area contributed by atoms with E-state index in [-0.39, 0.29) is 5.91 Å². The van der Waals surface area contributed by atoms with Gasteiger partial charge in [-0.25, -0.2) is 0 Å². The maximum absolute atomic E-state index is 12.3. The zero-order valence-corrected chi connectivity index (χ0v) is 13.5. The Bertz CT molecular complexity index is 616. The van der Waals surface area contributed by atoms with Crippen LogP contribution in [0.15, 0.2) is 24.3 Å². The fourth-order valence-electron chi connectivity index (χ4n) is 1.75. The summed E-state index contributed by atoms with van der Waals surface area (Å²) < 4.78 is 10.8. The van der Waals surface area contributed by atoms with E-state index in [0.29, 0.717) is 36.3 Å². The van der Waals surface area contributed by atoms with E-state index in [1.165, 1.54) is 11.3 Å². The van der Waals surface area contributed by atoms with E-state index >= 15 is 0 Å². The van der Waals surface area contributed by atoms with Crippen molar-refractivity contribution in [2.75, 3.05) is 25.1 Å². The molecule has 2 rings (SSSR count). The third kappa shape index (κ3) is 4.51. The number of rotatable bonds is 8. The van der Waals surface area contributed by atoms with Crippen LogP contribution in [-0.4, -0.2) is 35.9 Å². The molecule has 1 aromatic heterocycles. The number of nitrogens with one attached hydrogen (secondary N) is 1. The van der Waals surface area contributed by atoms with Gasteiger partial charge in [-0.3, -0.25) is 10.1 Å². The van der Waals surface area contributed by atoms with Crippen LogP contribution in [-0.2, 0) is 11.2 Å². The first-order valence-corrected chi connectivity index (χ1v) is 7.99. The van der Waals surface area contributed by atoms with Gasteiger partial charge in [-0.05, 0) is 25.5 Å². The Hall–Kier alpha value is -1.99. The molecule has 0 aliphatic heterocycles. The molecule has 0 saturated carbocycles. The largest absolute Gasteiger partial charge is 0.490 e. The van der Waals surface area contributed by atoms with Crippen LogP contribution in [0.25, 0.3) is 0 Å². The minimum Gasteiger partial charge on any atom is -0.490 e. The lowest BCUT2D eigenvalue weighted by atomic mass is 10.2. The van der Waals surface area contributed by atoms with E-state index in [2.05, 4.69) is 15.5 Å². The van der Waals surface area contributed by atoms with Crippen LogP contribution >= 0.6 is 11.3 Å². The Balaban J connectivity index is 2.02. The van der Waals surface area contributed by atoms with Gasteiger partial charge < -0.3 is 9.47 Å². The van der Waals surface area contributed by atoms with Crippen LogP contribution in [0, 0.1) is 0 Å². The summed E-state index contributed by atoms with van der Waals surface area (Å²) in [6, 6.07) is 7.10. The topological polar surface area (TPSA) is 73.3 Å². The second-order valence-electron chi connectivity index (χ2n) is 4.35. The minimum atomic E-state index is -0.259. The Morgan fingerprint density at radius 2 is 2.05 bits per heavy atom. The molecule has 1 N–H and O–H groups in total. The number of amides is 1. The summed E-state index contributed by atoms with van der Waals surface area (Å²) in [7, 11) is 0. The third-order valence-corrected chi connectivity index (χ3v) is 3.79. The lowest BCUT2D eigenvalue weighted by Crippen LogP contribution is -2.15. The summed E-state index contributed by atoms with van der Waals surface area (Å²) in [5.74, 6) is 0.269. The normalized spacial score (nSPS) is 10.5. The van der Waals surface area contributed by atoms with Gasteiger partial charge in [0.2, 0.25) is 5.13 Å². The van der Waals surface area contributed by atoms with Crippen LogP contribution < -0.4 is 10.1 Å². The van der Waals surface area contributed by atoms with E-state index in [0.717, 1.165) is 11.4 Å². The van der Waals surface area contributed by atoms with Crippen molar-refractivity contribution in [3.63, 3.8) is 0 Å². The molecule has 0 atom stereocenters. The molecule has 0 radical (unpaired) electrons. The van der Waals surface area contributed by atoms with Crippen molar-refractivity contribution in [3.8, 4) is 5.75 Å². The molecule has 118 valence electrons. The Morgan fingerprint density at radius 1 is 1.23 bits per heavy atom. The summed E-state index contributed by atoms with van der Waals surface area (Å²) in [4.78, 5) is 12.3. The first-order valence-electron chi connectivity index (χ1n) is 7.17. The maximum atomic E-state index is 12.3. The molecule has 22 heavy (non-hydrogen) atoms. The molecule has 0 saturated heterocycles. The lowest BCUT2D eigenvalue weighted by Gasteiger charge is -2.10. The highest BCUT2D eigenvalue weighted by atomic mass is 32.1. The van der Waals surface area contributed by atoms with Crippen LogP contribution in [0.3, 0.4) is 0 Å². The second kappa shape index (κ2) is 8.45. The molecular formula is C15H19N3O3S. The molecule has 1 heterocycles. The summed E-state index contributed by atoms with van der Waals surface area (Å²) in [6.45, 7) is 5.45. The average Bonchev–Trinajstić information content (AvgIpc) is 2.99. The van der Waals surface area contributed by atoms with Gasteiger partial charge in [0.15, 0.2) is 0 Å². The molecule has 0 unspecified atom stereocenters. The number of para-hydroxylation sites is 1. The Kier molecular flexibility index (Phi) is 6.29. The first-order chi connectivity index (χ1) is 10.7. The van der Waals surface area contributed by atoms with Crippen molar-refractivity contribution in [2.24, 2.45) is 0 Å². The van der Waals surface area contributed by atoms with Crippen LogP contribution in [0.1, 0.15) is 29.2 Å². The molecule has 7 heteroatoms. The van der Waals surface area contributed by atoms with Gasteiger partial charge in [-0.1, -0.05) is 30.4 Å². The summed E-state index contributed by atoms with van der Waals surface area (Å²) in [5.41, 5.74) is 0.465. The number of benzene rings is 1. The number of nitrogens with zero attached hydrogens (tertiary/aromatic N) is 2. The number of hydrogen-bond donors (Lipinski definition) is 1. The Labute approximate surface area is 133 Å². The standard InChI is InChI=1S/C15H19N3O3S/c1-3-13-17-18-15(22-13)16-14(19)11-7-5-6-8-12(11)21-10-9-20-4-2/h5-8H,3-4,9-10H2,1-2H3,(H,16,18,19). The predicted molar refractivity (Wildman–Crippen MR) is 85.7 cm³/mol. The molecule has 1 aromatic carbocycles. The van der Waals surface area contributed by atoms with Gasteiger partial charge in [0.1, 0.15) is 17.4 Å². The molecule has 0 aliphatic rings. The molecule has 2 aromatic rings. The average molecular weight is 321 g/mol. The third-order valence-electron chi connectivity index (χ3n) is 2.81. The highest BCUT2D eigenvalue weighted by molar-refractivity contribution is 7.15. The fourth-order valence-corrected chi connectivity index (χ4v) is 2.42. The Morgan fingerprint density at radius 3 is 2.77 bits per heavy atom. The maximum Gasteiger partial charge on any atom is 0.261 e. The minimum absolute atomic E-state index is 0.259. The predicted octanol–water partition coefficient (Wildman–Crippen LogP) is 2.77. The first kappa shape index (κ1) is 16.4. The van der Waals surface area contributed by atoms with Crippen LogP contribution in [0.5, 0.6) is 5.75 Å². The smallest absolute Gasteiger partial charge is 0.261 e. The van der Waals surface area contributed by atoms with Crippen LogP contribution in [0.2, 0.25) is 0 Å². The monoisotopic (exact) mass is 321 g/mol. The SMILES string of the molecule is CCOCCOc1ccccc1C(=O)Nc1nnc(CC)s1. The van der Waals surface area contributed by atoms with Gasteiger partial charge in [0.05, 0.1) is 12.2 Å². The van der Waals surface area contributed by atoms with Gasteiger partial charge in [0.25, 0.3) is 5.91 Å². The highest BCUT2D eigenvalue weighted by Crippen LogP contribution is 2.21. The lowest BCUT2D eigenvalue weighted by molar-refractivity contribution is 0.0998. The zero-order valence-electron chi connectivity index (χ0n) is 12.7. The van der Waals surface area contributed by atoms with Gasteiger partial charge in [-0.15, -0.1) is 10.2 Å². The van der Waals surface area contributed by atoms with E-state index < -0.39 is 0 Å². The van der Waals surface area contributed by atoms with Crippen molar-refractivity contribution in [1.29, 1.82) is 0 Å². The van der Waals surface area contributed by atoms with E-state index in [4.69, 9.17) is 9.47 Å². The molecule has 6 nitrogen and oxygen atoms in total. The molecule has 0 fully saturated rings. The highest BCUT2D eigenvalue weighted by Gasteiger charge is 2.14. The van der Waals surface area contributed by atoms with Crippen molar-refractivity contribution < 1.29 is 14.3 Å². The fraction of sp³-hybridized carbons (Fsp3) is 0.400. The summed E-state index contributed by atoms with van der Waals surface area (Å²) >= 11 is 1.37. The molecule has 0 spiro atoms. The van der Waals surface area contributed by atoms with E-state index in [9.17, 15) is 4.79 Å². The summed E-state index contributed by atoms with van der Waals surface area (Å²) in [6.07, 6.45) is 0.796. The van der Waals surface area contributed by atoms with E-state index in [1.807, 2.05) is 19.9 Å². The molecule has 0 aliphatic carbocycles. The number of ether oxygens (including phenoxy) is 2. The van der Waals surface area contributed by atoms with Crippen molar-refractivity contribution in [3.05, 3.63) is 34.8 Å². The number of aryl methyl sites for hydroxylation is 1. The summed E-state index contributed by atoms with van der Waals surface area (Å²) in [5, 5.41) is 12.1. The van der Waals surface area contributed by atoms with Crippen molar-refractivity contribution >= 4 is 22.4 Å². The van der Waals surface area contributed by atoms with Gasteiger partial charge in [0, 0.05) is 6.61 Å². The number of aromatic nitrogens is 2. The van der Waals surface area contributed by atoms with E-state index in [1.54, 1.807) is 18.2 Å².